The van der Waals surface area contributed by atoms with Crippen LogP contribution < -0.4 is 15.2 Å². The molecule has 0 spiro atoms. The fraction of sp³-hybridized carbons (Fsp3) is 0.158. The topological polar surface area (TPSA) is 70.3 Å². The first-order valence-corrected chi connectivity index (χ1v) is 8.53. The molecule has 0 fully saturated rings. The van der Waals surface area contributed by atoms with Crippen LogP contribution in [0.15, 0.2) is 58.5 Å². The van der Waals surface area contributed by atoms with Crippen molar-refractivity contribution in [1.29, 1.82) is 0 Å². The molecule has 3 aromatic rings. The number of aromatic nitrogens is 2. The monoisotopic (exact) mass is 353 g/mol. The first-order valence-electron chi connectivity index (χ1n) is 7.71. The van der Waals surface area contributed by atoms with Crippen molar-refractivity contribution in [2.24, 2.45) is 0 Å². The van der Waals surface area contributed by atoms with Crippen molar-refractivity contribution < 1.29 is 9.47 Å². The lowest BCUT2D eigenvalue weighted by Crippen LogP contribution is -1.99. The second kappa shape index (κ2) is 7.44. The van der Waals surface area contributed by atoms with Gasteiger partial charge in [0.1, 0.15) is 16.5 Å². The Kier molecular flexibility index (Phi) is 5.09. The zero-order valence-electron chi connectivity index (χ0n) is 14.3. The van der Waals surface area contributed by atoms with Gasteiger partial charge in [-0.25, -0.2) is 9.97 Å². The van der Waals surface area contributed by atoms with Crippen LogP contribution in [0.3, 0.4) is 0 Å². The highest BCUT2D eigenvalue weighted by Crippen LogP contribution is 2.37. The van der Waals surface area contributed by atoms with E-state index in [1.165, 1.54) is 11.8 Å². The number of aryl methyl sites for hydroxylation is 1. The molecule has 0 aliphatic heterocycles. The second-order valence-corrected chi connectivity index (χ2v) is 6.45. The van der Waals surface area contributed by atoms with Gasteiger partial charge in [0.15, 0.2) is 0 Å². The summed E-state index contributed by atoms with van der Waals surface area (Å²) < 4.78 is 10.7. The van der Waals surface area contributed by atoms with E-state index in [0.29, 0.717) is 0 Å². The third-order valence-electron chi connectivity index (χ3n) is 3.73. The Hall–Kier alpha value is -2.73. The molecule has 2 N–H and O–H groups in total. The van der Waals surface area contributed by atoms with Crippen LogP contribution in [0.2, 0.25) is 0 Å². The van der Waals surface area contributed by atoms with Crippen LogP contribution in [0, 0.1) is 6.92 Å². The number of anilines is 1. The number of ether oxygens (including phenoxy) is 2. The fourth-order valence-electron chi connectivity index (χ4n) is 2.47. The van der Waals surface area contributed by atoms with Gasteiger partial charge in [-0.15, -0.1) is 0 Å². The smallest absolute Gasteiger partial charge is 0.221 e. The Morgan fingerprint density at radius 2 is 1.76 bits per heavy atom. The summed E-state index contributed by atoms with van der Waals surface area (Å²) in [4.78, 5) is 9.63. The molecular formula is C19H19N3O2S. The quantitative estimate of drug-likeness (QED) is 0.693. The van der Waals surface area contributed by atoms with E-state index in [1.807, 2.05) is 55.5 Å². The highest BCUT2D eigenvalue weighted by molar-refractivity contribution is 7.99. The van der Waals surface area contributed by atoms with E-state index in [1.54, 1.807) is 14.2 Å². The van der Waals surface area contributed by atoms with Crippen LogP contribution in [0.25, 0.3) is 11.3 Å². The van der Waals surface area contributed by atoms with Crippen molar-refractivity contribution in [3.05, 3.63) is 54.1 Å². The molecule has 0 unspecified atom stereocenters. The van der Waals surface area contributed by atoms with E-state index >= 15 is 0 Å². The van der Waals surface area contributed by atoms with Gasteiger partial charge in [0.25, 0.3) is 0 Å². The fourth-order valence-corrected chi connectivity index (χ4v) is 3.43. The number of hydrogen-bond donors (Lipinski definition) is 1. The maximum atomic E-state index is 5.94. The summed E-state index contributed by atoms with van der Waals surface area (Å²) in [5.74, 6) is 1.75. The zero-order chi connectivity index (χ0) is 17.8. The SMILES string of the molecule is COc1ccc(OC)c(Sc2cc(-c3ccccc3C)nc(N)n2)c1. The minimum Gasteiger partial charge on any atom is -0.497 e. The summed E-state index contributed by atoms with van der Waals surface area (Å²) in [6, 6.07) is 15.6. The van der Waals surface area contributed by atoms with Gasteiger partial charge in [-0.1, -0.05) is 36.0 Å². The summed E-state index contributed by atoms with van der Waals surface area (Å²) in [5, 5.41) is 0.748. The van der Waals surface area contributed by atoms with Crippen molar-refractivity contribution in [3.8, 4) is 22.8 Å². The first kappa shape index (κ1) is 17.1. The van der Waals surface area contributed by atoms with Crippen molar-refractivity contribution in [3.63, 3.8) is 0 Å². The van der Waals surface area contributed by atoms with Gasteiger partial charge in [-0.3, -0.25) is 0 Å². The summed E-state index contributed by atoms with van der Waals surface area (Å²) in [7, 11) is 3.27. The van der Waals surface area contributed by atoms with Crippen LogP contribution >= 0.6 is 11.8 Å². The van der Waals surface area contributed by atoms with Crippen LogP contribution in [0.1, 0.15) is 5.56 Å². The normalized spacial score (nSPS) is 10.5. The van der Waals surface area contributed by atoms with Crippen molar-refractivity contribution in [2.45, 2.75) is 16.8 Å². The number of hydrogen-bond acceptors (Lipinski definition) is 6. The Balaban J connectivity index is 2.01. The van der Waals surface area contributed by atoms with Gasteiger partial charge in [-0.05, 0) is 36.8 Å². The van der Waals surface area contributed by atoms with Gasteiger partial charge in [0.2, 0.25) is 5.95 Å². The average Bonchev–Trinajstić information content (AvgIpc) is 2.61. The van der Waals surface area contributed by atoms with Gasteiger partial charge in [-0.2, -0.15) is 0 Å². The zero-order valence-corrected chi connectivity index (χ0v) is 15.1. The molecule has 6 heteroatoms. The van der Waals surface area contributed by atoms with Crippen LogP contribution in [-0.4, -0.2) is 24.2 Å². The van der Waals surface area contributed by atoms with Crippen molar-refractivity contribution in [2.75, 3.05) is 20.0 Å². The van der Waals surface area contributed by atoms with E-state index in [4.69, 9.17) is 15.2 Å². The average molecular weight is 353 g/mol. The lowest BCUT2D eigenvalue weighted by atomic mass is 10.1. The molecule has 0 atom stereocenters. The van der Waals surface area contributed by atoms with Crippen LogP contribution in [0.5, 0.6) is 11.5 Å². The van der Waals surface area contributed by atoms with Gasteiger partial charge >= 0.3 is 0 Å². The van der Waals surface area contributed by atoms with Gasteiger partial charge in [0.05, 0.1) is 24.8 Å². The van der Waals surface area contributed by atoms with E-state index < -0.39 is 0 Å². The Labute approximate surface area is 151 Å². The Morgan fingerprint density at radius 3 is 2.48 bits per heavy atom. The number of nitrogen functional groups attached to an aromatic ring is 1. The minimum atomic E-state index is 0.241. The predicted octanol–water partition coefficient (Wildman–Crippen LogP) is 4.20. The van der Waals surface area contributed by atoms with Crippen LogP contribution in [0.4, 0.5) is 5.95 Å². The van der Waals surface area contributed by atoms with Crippen molar-refractivity contribution >= 4 is 17.7 Å². The molecule has 0 aliphatic rings. The number of methoxy groups -OCH3 is 2. The largest absolute Gasteiger partial charge is 0.497 e. The Morgan fingerprint density at radius 1 is 0.960 bits per heavy atom. The maximum Gasteiger partial charge on any atom is 0.221 e. The van der Waals surface area contributed by atoms with E-state index in [0.717, 1.165) is 38.2 Å². The van der Waals surface area contributed by atoms with E-state index in [9.17, 15) is 0 Å². The summed E-state index contributed by atoms with van der Waals surface area (Å²) >= 11 is 1.46. The van der Waals surface area contributed by atoms with E-state index in [2.05, 4.69) is 9.97 Å². The molecule has 0 radical (unpaired) electrons. The first-order chi connectivity index (χ1) is 12.1. The lowest BCUT2D eigenvalue weighted by molar-refractivity contribution is 0.394. The minimum absolute atomic E-state index is 0.241. The molecule has 3 rings (SSSR count). The highest BCUT2D eigenvalue weighted by Gasteiger charge is 2.12. The van der Waals surface area contributed by atoms with Gasteiger partial charge < -0.3 is 15.2 Å². The number of benzene rings is 2. The third kappa shape index (κ3) is 3.85. The second-order valence-electron chi connectivity index (χ2n) is 5.38. The summed E-state index contributed by atoms with van der Waals surface area (Å²) in [6.07, 6.45) is 0. The molecule has 1 aromatic heterocycles. The molecule has 0 bridgehead atoms. The molecule has 5 nitrogen and oxygen atoms in total. The number of nitrogens with zero attached hydrogens (tertiary/aromatic N) is 2. The van der Waals surface area contributed by atoms with Crippen LogP contribution in [-0.2, 0) is 0 Å². The number of rotatable bonds is 5. The molecule has 128 valence electrons. The maximum absolute atomic E-state index is 5.94. The van der Waals surface area contributed by atoms with Gasteiger partial charge in [0, 0.05) is 5.56 Å². The molecule has 25 heavy (non-hydrogen) atoms. The lowest BCUT2D eigenvalue weighted by Gasteiger charge is -2.11. The predicted molar refractivity (Wildman–Crippen MR) is 100 cm³/mol. The molecule has 0 aliphatic carbocycles. The Bertz CT molecular complexity index is 900. The molecule has 0 saturated carbocycles. The summed E-state index contributed by atoms with van der Waals surface area (Å²) in [6.45, 7) is 2.05. The standard InChI is InChI=1S/C19H19N3O2S/c1-12-6-4-5-7-14(12)15-11-18(22-19(20)21-15)25-17-10-13(23-2)8-9-16(17)24-3/h4-11H,1-3H3,(H2,20,21,22). The number of nitrogens with two attached hydrogens (primary N) is 1. The molecular weight excluding hydrogens is 334 g/mol. The molecule has 0 saturated heterocycles. The third-order valence-corrected chi connectivity index (χ3v) is 4.68. The van der Waals surface area contributed by atoms with E-state index in [-0.39, 0.29) is 5.95 Å². The highest BCUT2D eigenvalue weighted by atomic mass is 32.2. The van der Waals surface area contributed by atoms with Crippen molar-refractivity contribution in [1.82, 2.24) is 9.97 Å². The molecule has 2 aromatic carbocycles. The molecule has 0 amide bonds. The summed E-state index contributed by atoms with van der Waals surface area (Å²) in [5.41, 5.74) is 8.91. The molecule has 1 heterocycles.